The van der Waals surface area contributed by atoms with E-state index < -0.39 is 0 Å². The van der Waals surface area contributed by atoms with Crippen LogP contribution in [0.3, 0.4) is 0 Å². The standard InChI is InChI=1S/C12H8Cl2N2O/c13-10-7-15-11(12(14)16-10)9(17)6-8-4-2-1-3-5-8/h1-5,7H,6H2. The number of rotatable bonds is 3. The minimum Gasteiger partial charge on any atom is -0.292 e. The first kappa shape index (κ1) is 12.0. The first-order valence-corrected chi connectivity index (χ1v) is 5.67. The third-order valence-corrected chi connectivity index (χ3v) is 2.62. The van der Waals surface area contributed by atoms with Gasteiger partial charge in [0.25, 0.3) is 0 Å². The van der Waals surface area contributed by atoms with Crippen molar-refractivity contribution in [1.82, 2.24) is 9.97 Å². The van der Waals surface area contributed by atoms with Crippen molar-refractivity contribution in [1.29, 1.82) is 0 Å². The Morgan fingerprint density at radius 1 is 1.18 bits per heavy atom. The number of carbonyl (C=O) groups is 1. The van der Waals surface area contributed by atoms with Gasteiger partial charge in [0, 0.05) is 6.42 Å². The van der Waals surface area contributed by atoms with Gasteiger partial charge in [-0.3, -0.25) is 4.79 Å². The average Bonchev–Trinajstić information content (AvgIpc) is 2.30. The monoisotopic (exact) mass is 266 g/mol. The number of hydrogen-bond acceptors (Lipinski definition) is 3. The third-order valence-electron chi connectivity index (χ3n) is 2.17. The minimum atomic E-state index is -0.176. The largest absolute Gasteiger partial charge is 0.292 e. The van der Waals surface area contributed by atoms with Crippen molar-refractivity contribution in [3.63, 3.8) is 0 Å². The molecule has 2 aromatic rings. The molecule has 0 fully saturated rings. The van der Waals surface area contributed by atoms with Crippen LogP contribution in [0.5, 0.6) is 0 Å². The maximum absolute atomic E-state index is 11.9. The Morgan fingerprint density at radius 2 is 1.88 bits per heavy atom. The number of halogens is 2. The van der Waals surface area contributed by atoms with Gasteiger partial charge >= 0.3 is 0 Å². The Balaban J connectivity index is 2.21. The minimum absolute atomic E-state index is 0.0402. The molecule has 0 unspecified atom stereocenters. The van der Waals surface area contributed by atoms with Crippen LogP contribution < -0.4 is 0 Å². The molecular formula is C12H8Cl2N2O. The van der Waals surface area contributed by atoms with Crippen molar-refractivity contribution in [3.05, 3.63) is 58.1 Å². The fraction of sp³-hybridized carbons (Fsp3) is 0.0833. The molecule has 0 aliphatic rings. The molecule has 3 nitrogen and oxygen atoms in total. The summed E-state index contributed by atoms with van der Waals surface area (Å²) >= 11 is 11.4. The van der Waals surface area contributed by atoms with E-state index in [2.05, 4.69) is 9.97 Å². The lowest BCUT2D eigenvalue weighted by molar-refractivity contribution is 0.0988. The van der Waals surface area contributed by atoms with Crippen LogP contribution in [0.15, 0.2) is 36.5 Å². The Kier molecular flexibility index (Phi) is 3.71. The number of ketones is 1. The van der Waals surface area contributed by atoms with Crippen molar-refractivity contribution >= 4 is 29.0 Å². The highest BCUT2D eigenvalue weighted by molar-refractivity contribution is 6.34. The SMILES string of the molecule is O=C(Cc1ccccc1)c1ncc(Cl)nc1Cl. The van der Waals surface area contributed by atoms with E-state index in [9.17, 15) is 4.79 Å². The number of aromatic nitrogens is 2. The number of hydrogen-bond donors (Lipinski definition) is 0. The molecule has 0 saturated carbocycles. The second-order valence-electron chi connectivity index (χ2n) is 3.42. The van der Waals surface area contributed by atoms with Gasteiger partial charge in [0.15, 0.2) is 10.9 Å². The number of benzene rings is 1. The Morgan fingerprint density at radius 3 is 2.53 bits per heavy atom. The lowest BCUT2D eigenvalue weighted by Gasteiger charge is -2.02. The van der Waals surface area contributed by atoms with Crippen LogP contribution in [0.25, 0.3) is 0 Å². The van der Waals surface area contributed by atoms with Gasteiger partial charge in [0.2, 0.25) is 0 Å². The Bertz CT molecular complexity index is 543. The normalized spacial score (nSPS) is 10.2. The molecule has 0 spiro atoms. The van der Waals surface area contributed by atoms with Gasteiger partial charge in [-0.1, -0.05) is 53.5 Å². The van der Waals surface area contributed by atoms with Crippen LogP contribution in [-0.2, 0) is 6.42 Å². The molecule has 17 heavy (non-hydrogen) atoms. The van der Waals surface area contributed by atoms with E-state index >= 15 is 0 Å². The zero-order valence-corrected chi connectivity index (χ0v) is 10.2. The van der Waals surface area contributed by atoms with E-state index in [1.165, 1.54) is 6.20 Å². The highest BCUT2D eigenvalue weighted by Crippen LogP contribution is 2.15. The summed E-state index contributed by atoms with van der Waals surface area (Å²) in [5.41, 5.74) is 1.06. The highest BCUT2D eigenvalue weighted by Gasteiger charge is 2.14. The fourth-order valence-corrected chi connectivity index (χ4v) is 1.82. The lowest BCUT2D eigenvalue weighted by atomic mass is 10.1. The Hall–Kier alpha value is -1.45. The maximum Gasteiger partial charge on any atom is 0.188 e. The summed E-state index contributed by atoms with van der Waals surface area (Å²) < 4.78 is 0. The Labute approximate surface area is 108 Å². The molecule has 0 amide bonds. The van der Waals surface area contributed by atoms with E-state index in [-0.39, 0.29) is 28.2 Å². The quantitative estimate of drug-likeness (QED) is 0.802. The fourth-order valence-electron chi connectivity index (χ4n) is 1.40. The molecule has 5 heteroatoms. The van der Waals surface area contributed by atoms with Gasteiger partial charge < -0.3 is 0 Å². The van der Waals surface area contributed by atoms with Crippen LogP contribution in [-0.4, -0.2) is 15.8 Å². The summed E-state index contributed by atoms with van der Waals surface area (Å²) in [4.78, 5) is 19.6. The predicted octanol–water partition coefficient (Wildman–Crippen LogP) is 3.21. The summed E-state index contributed by atoms with van der Waals surface area (Å²) in [7, 11) is 0. The van der Waals surface area contributed by atoms with Crippen LogP contribution in [0.1, 0.15) is 16.1 Å². The maximum atomic E-state index is 11.9. The van der Waals surface area contributed by atoms with Crippen molar-refractivity contribution < 1.29 is 4.79 Å². The third kappa shape index (κ3) is 3.02. The molecule has 2 rings (SSSR count). The number of nitrogens with zero attached hydrogens (tertiary/aromatic N) is 2. The van der Waals surface area contributed by atoms with Crippen LogP contribution in [0.2, 0.25) is 10.3 Å². The molecule has 0 bridgehead atoms. The van der Waals surface area contributed by atoms with Gasteiger partial charge in [-0.25, -0.2) is 9.97 Å². The topological polar surface area (TPSA) is 42.9 Å². The van der Waals surface area contributed by atoms with Crippen LogP contribution in [0, 0.1) is 0 Å². The summed E-state index contributed by atoms with van der Waals surface area (Å²) in [5, 5.41) is 0.213. The van der Waals surface area contributed by atoms with Crippen LogP contribution in [0.4, 0.5) is 0 Å². The number of Topliss-reactive ketones (excluding diaryl/α,β-unsaturated/α-hetero) is 1. The molecule has 0 saturated heterocycles. The molecule has 0 aliphatic heterocycles. The van der Waals surface area contributed by atoms with Crippen molar-refractivity contribution in [2.75, 3.05) is 0 Å². The summed E-state index contributed by atoms with van der Waals surface area (Å²) in [6.07, 6.45) is 1.56. The van der Waals surface area contributed by atoms with Gasteiger partial charge in [-0.15, -0.1) is 0 Å². The van der Waals surface area contributed by atoms with E-state index in [1.807, 2.05) is 30.3 Å². The van der Waals surface area contributed by atoms with Gasteiger partial charge in [-0.2, -0.15) is 0 Å². The molecule has 0 atom stereocenters. The molecule has 1 aromatic heterocycles. The van der Waals surface area contributed by atoms with Crippen molar-refractivity contribution in [2.45, 2.75) is 6.42 Å². The van der Waals surface area contributed by atoms with Gasteiger partial charge in [-0.05, 0) is 5.56 Å². The van der Waals surface area contributed by atoms with E-state index in [4.69, 9.17) is 23.2 Å². The smallest absolute Gasteiger partial charge is 0.188 e. The first-order chi connectivity index (χ1) is 8.16. The highest BCUT2D eigenvalue weighted by atomic mass is 35.5. The zero-order chi connectivity index (χ0) is 12.3. The molecule has 0 N–H and O–H groups in total. The first-order valence-electron chi connectivity index (χ1n) is 4.92. The predicted molar refractivity (Wildman–Crippen MR) is 66.5 cm³/mol. The van der Waals surface area contributed by atoms with E-state index in [0.717, 1.165) is 5.56 Å². The van der Waals surface area contributed by atoms with Crippen molar-refractivity contribution in [3.8, 4) is 0 Å². The molecule has 86 valence electrons. The summed E-state index contributed by atoms with van der Waals surface area (Å²) in [6.45, 7) is 0. The van der Waals surface area contributed by atoms with E-state index in [0.29, 0.717) is 0 Å². The molecule has 0 radical (unpaired) electrons. The molecule has 1 aromatic carbocycles. The number of carbonyl (C=O) groups excluding carboxylic acids is 1. The molecule has 1 heterocycles. The zero-order valence-electron chi connectivity index (χ0n) is 8.73. The van der Waals surface area contributed by atoms with Crippen molar-refractivity contribution in [2.24, 2.45) is 0 Å². The average molecular weight is 267 g/mol. The summed E-state index contributed by atoms with van der Waals surface area (Å²) in [5.74, 6) is -0.176. The van der Waals surface area contributed by atoms with E-state index in [1.54, 1.807) is 0 Å². The molecule has 0 aliphatic carbocycles. The summed E-state index contributed by atoms with van der Waals surface area (Å²) in [6, 6.07) is 9.38. The van der Waals surface area contributed by atoms with Gasteiger partial charge in [0.1, 0.15) is 10.8 Å². The van der Waals surface area contributed by atoms with Gasteiger partial charge in [0.05, 0.1) is 6.20 Å². The second-order valence-corrected chi connectivity index (χ2v) is 4.16. The molecular weight excluding hydrogens is 259 g/mol. The van der Waals surface area contributed by atoms with Crippen LogP contribution >= 0.6 is 23.2 Å². The lowest BCUT2D eigenvalue weighted by Crippen LogP contribution is -2.07. The second kappa shape index (κ2) is 5.25.